The fourth-order valence-corrected chi connectivity index (χ4v) is 4.19. The van der Waals surface area contributed by atoms with Crippen molar-refractivity contribution in [2.24, 2.45) is 5.73 Å². The minimum Gasteiger partial charge on any atom is -0.480 e. The number of carbonyl (C=O) groups is 3. The Hall–Kier alpha value is -2.22. The zero-order valence-corrected chi connectivity index (χ0v) is 21.8. The number of rotatable bonds is 22. The van der Waals surface area contributed by atoms with E-state index in [0.717, 1.165) is 19.3 Å². The van der Waals surface area contributed by atoms with Crippen molar-refractivity contribution < 1.29 is 19.5 Å². The average Bonchev–Trinajstić information content (AvgIpc) is 3.30. The van der Waals surface area contributed by atoms with Crippen molar-refractivity contribution in [2.45, 2.75) is 129 Å². The van der Waals surface area contributed by atoms with Crippen LogP contribution in [0.1, 0.15) is 127 Å². The van der Waals surface area contributed by atoms with E-state index in [2.05, 4.69) is 17.2 Å². The van der Waals surface area contributed by atoms with E-state index in [0.29, 0.717) is 12.1 Å². The highest BCUT2D eigenvalue weighted by Crippen LogP contribution is 2.14. The number of amides is 1. The van der Waals surface area contributed by atoms with Gasteiger partial charge in [-0.3, -0.25) is 14.2 Å². The lowest BCUT2D eigenvalue weighted by atomic mass is 10.0. The van der Waals surface area contributed by atoms with Gasteiger partial charge in [-0.2, -0.15) is 0 Å². The quantitative estimate of drug-likeness (QED) is 0.190. The molecule has 1 unspecified atom stereocenters. The fourth-order valence-electron chi connectivity index (χ4n) is 4.19. The van der Waals surface area contributed by atoms with E-state index >= 15 is 0 Å². The third-order valence-corrected chi connectivity index (χ3v) is 6.34. The molecule has 1 aromatic heterocycles. The Labute approximate surface area is 211 Å². The number of nitrogens with two attached hydrogens (primary N) is 1. The minimum atomic E-state index is -1.14. The standard InChI is InChI=1S/C27H48N4O4/c1-2-3-4-5-6-7-8-9-10-11-12-13-14-15-16-17-26(33)31-21-23(29-22-31)20-24(27(34)35)30-25(32)18-19-28/h21-22,24H,2-20,28H2,1H3,(H,30,32)(H,34,35). The Bertz CT molecular complexity index is 720. The van der Waals surface area contributed by atoms with Gasteiger partial charge in [0, 0.05) is 32.0 Å². The summed E-state index contributed by atoms with van der Waals surface area (Å²) in [5, 5.41) is 11.8. The predicted molar refractivity (Wildman–Crippen MR) is 139 cm³/mol. The molecule has 35 heavy (non-hydrogen) atoms. The molecule has 1 heterocycles. The maximum Gasteiger partial charge on any atom is 0.326 e. The fraction of sp³-hybridized carbons (Fsp3) is 0.778. The van der Waals surface area contributed by atoms with Crippen molar-refractivity contribution in [3.05, 3.63) is 18.2 Å². The number of hydrogen-bond acceptors (Lipinski definition) is 5. The highest BCUT2D eigenvalue weighted by Gasteiger charge is 2.21. The molecule has 1 aromatic rings. The van der Waals surface area contributed by atoms with Crippen molar-refractivity contribution in [1.29, 1.82) is 0 Å². The van der Waals surface area contributed by atoms with Crippen molar-refractivity contribution >= 4 is 17.8 Å². The summed E-state index contributed by atoms with van der Waals surface area (Å²) in [6.45, 7) is 2.41. The molecule has 0 aliphatic heterocycles. The molecule has 0 bridgehead atoms. The van der Waals surface area contributed by atoms with Gasteiger partial charge in [-0.15, -0.1) is 0 Å². The van der Waals surface area contributed by atoms with Gasteiger partial charge < -0.3 is 16.2 Å². The zero-order valence-electron chi connectivity index (χ0n) is 21.8. The smallest absolute Gasteiger partial charge is 0.326 e. The van der Waals surface area contributed by atoms with Crippen molar-refractivity contribution in [2.75, 3.05) is 6.54 Å². The largest absolute Gasteiger partial charge is 0.480 e. The van der Waals surface area contributed by atoms with E-state index in [9.17, 15) is 19.5 Å². The minimum absolute atomic E-state index is 0.0187. The van der Waals surface area contributed by atoms with Crippen LogP contribution in [-0.4, -0.2) is 45.0 Å². The summed E-state index contributed by atoms with van der Waals surface area (Å²) >= 11 is 0. The number of hydrogen-bond donors (Lipinski definition) is 3. The maximum atomic E-state index is 12.4. The third-order valence-electron chi connectivity index (χ3n) is 6.34. The predicted octanol–water partition coefficient (Wildman–Crippen LogP) is 5.25. The lowest BCUT2D eigenvalue weighted by molar-refractivity contribution is -0.141. The van der Waals surface area contributed by atoms with Crippen LogP contribution in [-0.2, 0) is 16.0 Å². The molecule has 8 heteroatoms. The topological polar surface area (TPSA) is 127 Å². The van der Waals surface area contributed by atoms with Gasteiger partial charge in [0.15, 0.2) is 0 Å². The number of aromatic nitrogens is 2. The number of nitrogens with zero attached hydrogens (tertiary/aromatic N) is 2. The maximum absolute atomic E-state index is 12.4. The molecule has 0 saturated heterocycles. The highest BCUT2D eigenvalue weighted by atomic mass is 16.4. The Kier molecular flexibility index (Phi) is 17.6. The number of carbonyl (C=O) groups excluding carboxylic acids is 2. The zero-order chi connectivity index (χ0) is 25.7. The van der Waals surface area contributed by atoms with Crippen LogP contribution in [0.4, 0.5) is 0 Å². The van der Waals surface area contributed by atoms with Gasteiger partial charge in [-0.1, -0.05) is 96.8 Å². The normalized spacial score (nSPS) is 11.9. The summed E-state index contributed by atoms with van der Waals surface area (Å²) < 4.78 is 1.42. The van der Waals surface area contributed by atoms with Crippen LogP contribution in [0.2, 0.25) is 0 Å². The Balaban J connectivity index is 2.10. The molecule has 4 N–H and O–H groups in total. The second kappa shape index (κ2) is 20.0. The molecule has 0 fully saturated rings. The first-order valence-electron chi connectivity index (χ1n) is 13.8. The van der Waals surface area contributed by atoms with Crippen LogP contribution in [0.3, 0.4) is 0 Å². The number of unbranched alkanes of at least 4 members (excludes halogenated alkanes) is 14. The van der Waals surface area contributed by atoms with Gasteiger partial charge in [-0.05, 0) is 6.42 Å². The van der Waals surface area contributed by atoms with Gasteiger partial charge in [0.1, 0.15) is 12.4 Å². The summed E-state index contributed by atoms with van der Waals surface area (Å²) in [5.74, 6) is -1.60. The first-order chi connectivity index (χ1) is 17.0. The van der Waals surface area contributed by atoms with Gasteiger partial charge in [0.25, 0.3) is 0 Å². The summed E-state index contributed by atoms with van der Waals surface area (Å²) in [5.41, 5.74) is 5.78. The Morgan fingerprint density at radius 2 is 1.40 bits per heavy atom. The molecule has 1 rings (SSSR count). The average molecular weight is 493 g/mol. The first kappa shape index (κ1) is 30.8. The van der Waals surface area contributed by atoms with Crippen LogP contribution in [0.15, 0.2) is 12.5 Å². The molecule has 1 amide bonds. The molecule has 0 aliphatic rings. The second-order valence-electron chi connectivity index (χ2n) is 9.57. The number of nitrogens with one attached hydrogen (secondary N) is 1. The summed E-state index contributed by atoms with van der Waals surface area (Å²) in [4.78, 5) is 39.6. The molecule has 8 nitrogen and oxygen atoms in total. The monoisotopic (exact) mass is 492 g/mol. The van der Waals surface area contributed by atoms with Crippen LogP contribution in [0.5, 0.6) is 0 Å². The second-order valence-corrected chi connectivity index (χ2v) is 9.57. The molecule has 200 valence electrons. The van der Waals surface area contributed by atoms with E-state index in [4.69, 9.17) is 5.73 Å². The lowest BCUT2D eigenvalue weighted by Gasteiger charge is -2.12. The van der Waals surface area contributed by atoms with Crippen LogP contribution in [0, 0.1) is 0 Å². The number of carboxylic acid groups (broad SMARTS) is 1. The van der Waals surface area contributed by atoms with E-state index in [-0.39, 0.29) is 25.3 Å². The van der Waals surface area contributed by atoms with Gasteiger partial charge in [0.2, 0.25) is 11.8 Å². The molecule has 0 saturated carbocycles. The van der Waals surface area contributed by atoms with E-state index < -0.39 is 17.9 Å². The van der Waals surface area contributed by atoms with Crippen molar-refractivity contribution in [3.8, 4) is 0 Å². The van der Waals surface area contributed by atoms with Crippen LogP contribution < -0.4 is 11.1 Å². The van der Waals surface area contributed by atoms with E-state index in [1.807, 2.05) is 0 Å². The number of imidazole rings is 1. The van der Waals surface area contributed by atoms with Gasteiger partial charge >= 0.3 is 5.97 Å². The van der Waals surface area contributed by atoms with E-state index in [1.54, 1.807) is 6.20 Å². The Morgan fingerprint density at radius 3 is 1.89 bits per heavy atom. The number of carboxylic acids is 1. The van der Waals surface area contributed by atoms with Crippen molar-refractivity contribution in [3.63, 3.8) is 0 Å². The SMILES string of the molecule is CCCCCCCCCCCCCCCCCC(=O)n1cnc(CC(NC(=O)CCN)C(=O)O)c1. The van der Waals surface area contributed by atoms with Gasteiger partial charge in [0.05, 0.1) is 5.69 Å². The van der Waals surface area contributed by atoms with Crippen LogP contribution in [0.25, 0.3) is 0 Å². The molecule has 0 spiro atoms. The summed E-state index contributed by atoms with van der Waals surface area (Å²) in [6.07, 6.45) is 22.7. The summed E-state index contributed by atoms with van der Waals surface area (Å²) in [7, 11) is 0. The molecule has 0 radical (unpaired) electrons. The molecule has 0 aromatic carbocycles. The Morgan fingerprint density at radius 1 is 0.886 bits per heavy atom. The number of aliphatic carboxylic acids is 1. The van der Waals surface area contributed by atoms with Crippen molar-refractivity contribution in [1.82, 2.24) is 14.9 Å². The lowest BCUT2D eigenvalue weighted by Crippen LogP contribution is -2.42. The molecule has 0 aliphatic carbocycles. The summed E-state index contributed by atoms with van der Waals surface area (Å²) in [6, 6.07) is -1.09. The van der Waals surface area contributed by atoms with Crippen LogP contribution >= 0.6 is 0 Å². The first-order valence-corrected chi connectivity index (χ1v) is 13.8. The molecular formula is C27H48N4O4. The van der Waals surface area contributed by atoms with E-state index in [1.165, 1.54) is 87.9 Å². The highest BCUT2D eigenvalue weighted by molar-refractivity contribution is 5.83. The third kappa shape index (κ3) is 15.4. The molecule has 1 atom stereocenters. The molecular weight excluding hydrogens is 444 g/mol. The van der Waals surface area contributed by atoms with Gasteiger partial charge in [-0.25, -0.2) is 9.78 Å².